The molecule has 1 saturated heterocycles. The molecular weight excluding hydrogens is 444 g/mol. The Morgan fingerprint density at radius 2 is 2.03 bits per heavy atom. The maximum atomic E-state index is 14.4. The van der Waals surface area contributed by atoms with Crippen molar-refractivity contribution in [1.82, 2.24) is 19.4 Å². The van der Waals surface area contributed by atoms with Crippen molar-refractivity contribution in [2.45, 2.75) is 51.8 Å². The lowest BCUT2D eigenvalue weighted by atomic mass is 10.0. The van der Waals surface area contributed by atoms with Crippen molar-refractivity contribution in [2.75, 3.05) is 18.0 Å². The summed E-state index contributed by atoms with van der Waals surface area (Å²) in [4.78, 5) is 31.8. The third-order valence-electron chi connectivity index (χ3n) is 5.81. The van der Waals surface area contributed by atoms with Crippen LogP contribution in [0.3, 0.4) is 0 Å². The maximum absolute atomic E-state index is 14.4. The minimum Gasteiger partial charge on any atom is -0.444 e. The fourth-order valence-corrected chi connectivity index (χ4v) is 4.33. The Morgan fingerprint density at radius 3 is 2.76 bits per heavy atom. The number of ether oxygens (including phenoxy) is 1. The predicted molar refractivity (Wildman–Crippen MR) is 125 cm³/mol. The van der Waals surface area contributed by atoms with Crippen molar-refractivity contribution in [3.05, 3.63) is 58.1 Å². The molecule has 4 rings (SSSR count). The van der Waals surface area contributed by atoms with Crippen LogP contribution in [0.25, 0.3) is 11.2 Å². The van der Waals surface area contributed by atoms with Crippen molar-refractivity contribution >= 4 is 22.9 Å². The Balaban J connectivity index is 1.68. The van der Waals surface area contributed by atoms with Crippen molar-refractivity contribution in [1.29, 1.82) is 0 Å². The number of hydrogen-bond donors (Lipinski definition) is 1. The van der Waals surface area contributed by atoms with E-state index >= 15 is 0 Å². The van der Waals surface area contributed by atoms with Crippen LogP contribution in [-0.4, -0.2) is 44.9 Å². The van der Waals surface area contributed by atoms with Crippen LogP contribution in [0, 0.1) is 11.6 Å². The van der Waals surface area contributed by atoms with E-state index in [1.165, 1.54) is 9.13 Å². The fourth-order valence-electron chi connectivity index (χ4n) is 4.33. The minimum atomic E-state index is -0.595. The van der Waals surface area contributed by atoms with E-state index < -0.39 is 23.3 Å². The summed E-state index contributed by atoms with van der Waals surface area (Å²) in [7, 11) is 1.60. The molecule has 1 aliphatic rings. The van der Waals surface area contributed by atoms with E-state index in [9.17, 15) is 18.4 Å². The van der Waals surface area contributed by atoms with Gasteiger partial charge < -0.3 is 15.0 Å². The monoisotopic (exact) mass is 473 g/mol. The number of carbonyl (C=O) groups excluding carboxylic acids is 1. The number of rotatable bonds is 4. The third kappa shape index (κ3) is 4.90. The maximum Gasteiger partial charge on any atom is 0.407 e. The van der Waals surface area contributed by atoms with Crippen molar-refractivity contribution in [3.63, 3.8) is 0 Å². The fraction of sp³-hybridized carbons (Fsp3) is 0.458. The summed E-state index contributed by atoms with van der Waals surface area (Å²) in [6.45, 7) is 6.52. The molecule has 1 aromatic carbocycles. The second kappa shape index (κ2) is 9.08. The van der Waals surface area contributed by atoms with Gasteiger partial charge in [-0.05, 0) is 57.9 Å². The zero-order valence-electron chi connectivity index (χ0n) is 19.8. The van der Waals surface area contributed by atoms with Gasteiger partial charge in [-0.1, -0.05) is 0 Å². The molecule has 0 bridgehead atoms. The molecule has 34 heavy (non-hydrogen) atoms. The molecule has 3 heterocycles. The SMILES string of the molecule is Cn1c(=O)n(Cc2cc(F)ccc2F)c2c(N3CCCC(NC(=O)OC(C)(C)C)C3)ccnc21. The highest BCUT2D eigenvalue weighted by Gasteiger charge is 2.27. The zero-order chi connectivity index (χ0) is 24.6. The number of nitrogens with one attached hydrogen (secondary N) is 1. The largest absolute Gasteiger partial charge is 0.444 e. The molecule has 1 N–H and O–H groups in total. The molecule has 0 aliphatic carbocycles. The first-order chi connectivity index (χ1) is 16.0. The average Bonchev–Trinajstić information content (AvgIpc) is 3.00. The summed E-state index contributed by atoms with van der Waals surface area (Å²) in [5.74, 6) is -1.16. The Kier molecular flexibility index (Phi) is 6.33. The molecule has 0 saturated carbocycles. The molecular formula is C24H29F2N5O3. The van der Waals surface area contributed by atoms with Gasteiger partial charge >= 0.3 is 11.8 Å². The number of pyridine rings is 1. The normalized spacial score (nSPS) is 16.6. The first-order valence-corrected chi connectivity index (χ1v) is 11.3. The Labute approximate surface area is 196 Å². The van der Waals surface area contributed by atoms with Gasteiger partial charge in [-0.2, -0.15) is 0 Å². The average molecular weight is 474 g/mol. The topological polar surface area (TPSA) is 81.4 Å². The number of benzene rings is 1. The number of anilines is 1. The van der Waals surface area contributed by atoms with Gasteiger partial charge in [0.2, 0.25) is 0 Å². The number of imidazole rings is 1. The van der Waals surface area contributed by atoms with Gasteiger partial charge in [-0.3, -0.25) is 9.13 Å². The number of aromatic nitrogens is 3. The first kappa shape index (κ1) is 23.7. The summed E-state index contributed by atoms with van der Waals surface area (Å²) in [6.07, 6.45) is 2.76. The third-order valence-corrected chi connectivity index (χ3v) is 5.81. The van der Waals surface area contributed by atoms with Crippen LogP contribution in [-0.2, 0) is 18.3 Å². The molecule has 0 spiro atoms. The molecule has 8 nitrogen and oxygen atoms in total. The van der Waals surface area contributed by atoms with E-state index in [4.69, 9.17) is 4.74 Å². The highest BCUT2D eigenvalue weighted by atomic mass is 19.1. The van der Waals surface area contributed by atoms with E-state index in [1.807, 2.05) is 20.8 Å². The number of nitrogens with zero attached hydrogens (tertiary/aromatic N) is 4. The van der Waals surface area contributed by atoms with Crippen molar-refractivity contribution < 1.29 is 18.3 Å². The molecule has 1 unspecified atom stereocenters. The molecule has 1 aliphatic heterocycles. The number of hydrogen-bond acceptors (Lipinski definition) is 5. The van der Waals surface area contributed by atoms with Crippen LogP contribution >= 0.6 is 0 Å². The molecule has 2 aromatic heterocycles. The summed E-state index contributed by atoms with van der Waals surface area (Å²) in [5, 5.41) is 2.92. The van der Waals surface area contributed by atoms with Gasteiger partial charge in [-0.15, -0.1) is 0 Å². The highest BCUT2D eigenvalue weighted by Crippen LogP contribution is 2.28. The quantitative estimate of drug-likeness (QED) is 0.627. The van der Waals surface area contributed by atoms with Crippen LogP contribution in [0.4, 0.5) is 19.3 Å². The number of fused-ring (bicyclic) bond motifs is 1. The number of piperidine rings is 1. The number of alkyl carbamates (subject to hydrolysis) is 1. The Hall–Kier alpha value is -3.43. The summed E-state index contributed by atoms with van der Waals surface area (Å²) in [6, 6.07) is 4.85. The van der Waals surface area contributed by atoms with Gasteiger partial charge in [-0.25, -0.2) is 23.4 Å². The van der Waals surface area contributed by atoms with Gasteiger partial charge in [0.05, 0.1) is 12.2 Å². The van der Waals surface area contributed by atoms with Gasteiger partial charge in [0.15, 0.2) is 5.65 Å². The van der Waals surface area contributed by atoms with E-state index in [0.717, 1.165) is 36.7 Å². The molecule has 10 heteroatoms. The Morgan fingerprint density at radius 1 is 1.26 bits per heavy atom. The zero-order valence-corrected chi connectivity index (χ0v) is 19.8. The van der Waals surface area contributed by atoms with Crippen LogP contribution in [0.15, 0.2) is 35.3 Å². The number of amides is 1. The second-order valence-electron chi connectivity index (χ2n) is 9.60. The second-order valence-corrected chi connectivity index (χ2v) is 9.60. The minimum absolute atomic E-state index is 0.0764. The molecule has 182 valence electrons. The summed E-state index contributed by atoms with van der Waals surface area (Å²) < 4.78 is 36.3. The lowest BCUT2D eigenvalue weighted by Gasteiger charge is -2.35. The van der Waals surface area contributed by atoms with Gasteiger partial charge in [0, 0.05) is 37.9 Å². The number of aryl methyl sites for hydroxylation is 1. The lowest BCUT2D eigenvalue weighted by Crippen LogP contribution is -2.49. The smallest absolute Gasteiger partial charge is 0.407 e. The molecule has 0 radical (unpaired) electrons. The van der Waals surface area contributed by atoms with E-state index in [2.05, 4.69) is 15.2 Å². The van der Waals surface area contributed by atoms with Crippen molar-refractivity contribution in [3.8, 4) is 0 Å². The Bertz CT molecular complexity index is 1280. The van der Waals surface area contributed by atoms with Crippen LogP contribution < -0.4 is 15.9 Å². The van der Waals surface area contributed by atoms with Gasteiger partial charge in [0.25, 0.3) is 0 Å². The molecule has 3 aromatic rings. The number of carbonyl (C=O) groups is 1. The van der Waals surface area contributed by atoms with E-state index in [0.29, 0.717) is 24.3 Å². The molecule has 1 atom stereocenters. The highest BCUT2D eigenvalue weighted by molar-refractivity contribution is 5.87. The van der Waals surface area contributed by atoms with Gasteiger partial charge in [0.1, 0.15) is 22.8 Å². The van der Waals surface area contributed by atoms with Crippen molar-refractivity contribution in [2.24, 2.45) is 7.05 Å². The first-order valence-electron chi connectivity index (χ1n) is 11.3. The lowest BCUT2D eigenvalue weighted by molar-refractivity contribution is 0.0500. The predicted octanol–water partition coefficient (Wildman–Crippen LogP) is 3.56. The van der Waals surface area contributed by atoms with Crippen LogP contribution in [0.5, 0.6) is 0 Å². The standard InChI is InChI=1S/C24H29F2N5O3/c1-24(2,3)34-22(32)28-17-6-5-11-30(14-17)19-9-10-27-21-20(19)31(23(33)29(21)4)13-15-12-16(25)7-8-18(15)26/h7-10,12,17H,5-6,11,13-14H2,1-4H3,(H,28,32). The summed E-state index contributed by atoms with van der Waals surface area (Å²) >= 11 is 0. The van der Waals surface area contributed by atoms with E-state index in [-0.39, 0.29) is 23.8 Å². The summed E-state index contributed by atoms with van der Waals surface area (Å²) in [5.41, 5.74) is 0.835. The molecule has 1 amide bonds. The molecule has 1 fully saturated rings. The van der Waals surface area contributed by atoms with Crippen LogP contribution in [0.2, 0.25) is 0 Å². The number of halogens is 2. The van der Waals surface area contributed by atoms with Crippen LogP contribution in [0.1, 0.15) is 39.2 Å². The van der Waals surface area contributed by atoms with E-state index in [1.54, 1.807) is 19.3 Å².